The van der Waals surface area contributed by atoms with E-state index in [1.807, 2.05) is 0 Å². The normalized spacial score (nSPS) is 19.8. The van der Waals surface area contributed by atoms with E-state index in [2.05, 4.69) is 22.3 Å². The maximum atomic E-state index is 5.19. The highest BCUT2D eigenvalue weighted by molar-refractivity contribution is 5.85. The number of nitrogens with one attached hydrogen (secondary N) is 1. The van der Waals surface area contributed by atoms with Gasteiger partial charge in [0, 0.05) is 32.7 Å². The molecule has 0 radical (unpaired) electrons. The van der Waals surface area contributed by atoms with Crippen molar-refractivity contribution in [1.82, 2.24) is 15.2 Å². The highest BCUT2D eigenvalue weighted by Crippen LogP contribution is 1.98. The molecule has 0 spiro atoms. The number of likely N-dealkylation sites (N-methyl/N-ethyl adjacent to an activating group) is 1. The number of piperazine rings is 1. The minimum absolute atomic E-state index is 0. The number of rotatable bonds is 4. The van der Waals surface area contributed by atoms with Gasteiger partial charge < -0.3 is 9.80 Å². The van der Waals surface area contributed by atoms with Crippen LogP contribution in [0, 0.1) is 0 Å². The molecule has 0 bridgehead atoms. The van der Waals surface area contributed by atoms with Gasteiger partial charge in [0.05, 0.1) is 0 Å². The first-order chi connectivity index (χ1) is 5.83. The summed E-state index contributed by atoms with van der Waals surface area (Å²) in [5, 5.41) is 0. The number of nitrogens with two attached hydrogens (primary N) is 1. The van der Waals surface area contributed by atoms with Crippen LogP contribution in [0.25, 0.3) is 0 Å². The van der Waals surface area contributed by atoms with Crippen LogP contribution in [0.5, 0.6) is 0 Å². The Morgan fingerprint density at radius 2 is 1.85 bits per heavy atom. The van der Waals surface area contributed by atoms with Gasteiger partial charge in [0.15, 0.2) is 0 Å². The van der Waals surface area contributed by atoms with E-state index in [0.29, 0.717) is 0 Å². The molecule has 1 aliphatic heterocycles. The molecule has 0 unspecified atom stereocenters. The Morgan fingerprint density at radius 3 is 2.38 bits per heavy atom. The second-order valence-corrected chi connectivity index (χ2v) is 3.45. The Bertz CT molecular complexity index is 115. The monoisotopic (exact) mass is 208 g/mol. The zero-order chi connectivity index (χ0) is 8.81. The number of hydrogen-bond acceptors (Lipinski definition) is 4. The summed E-state index contributed by atoms with van der Waals surface area (Å²) < 4.78 is 0. The van der Waals surface area contributed by atoms with E-state index in [1.165, 1.54) is 32.7 Å². The molecule has 1 rings (SSSR count). The van der Waals surface area contributed by atoms with E-state index in [1.54, 1.807) is 0 Å². The lowest BCUT2D eigenvalue weighted by atomic mass is 10.3. The van der Waals surface area contributed by atoms with Crippen molar-refractivity contribution in [2.45, 2.75) is 6.42 Å². The number of hydrogen-bond donors (Lipinski definition) is 2. The Hall–Kier alpha value is 0.130. The van der Waals surface area contributed by atoms with Crippen molar-refractivity contribution in [3.8, 4) is 0 Å². The minimum atomic E-state index is 0. The quantitative estimate of drug-likeness (QED) is 0.372. The fraction of sp³-hybridized carbons (Fsp3) is 1.00. The van der Waals surface area contributed by atoms with Crippen LogP contribution in [0.2, 0.25) is 0 Å². The molecule has 3 N–H and O–H groups in total. The van der Waals surface area contributed by atoms with Crippen molar-refractivity contribution >= 4 is 12.4 Å². The van der Waals surface area contributed by atoms with E-state index in [4.69, 9.17) is 5.84 Å². The summed E-state index contributed by atoms with van der Waals surface area (Å²) in [5.74, 6) is 5.19. The number of hydrazine groups is 1. The van der Waals surface area contributed by atoms with Crippen LogP contribution < -0.4 is 11.3 Å². The Labute approximate surface area is 86.8 Å². The van der Waals surface area contributed by atoms with Gasteiger partial charge >= 0.3 is 0 Å². The van der Waals surface area contributed by atoms with Gasteiger partial charge in [0.1, 0.15) is 0 Å². The van der Waals surface area contributed by atoms with Crippen LogP contribution in [0.4, 0.5) is 0 Å². The first-order valence-electron chi connectivity index (χ1n) is 4.67. The average molecular weight is 209 g/mol. The van der Waals surface area contributed by atoms with Crippen molar-refractivity contribution < 1.29 is 0 Å². The maximum Gasteiger partial charge on any atom is 0.0110 e. The van der Waals surface area contributed by atoms with Crippen molar-refractivity contribution in [2.75, 3.05) is 46.3 Å². The van der Waals surface area contributed by atoms with Crippen LogP contribution in [0.3, 0.4) is 0 Å². The fourth-order valence-corrected chi connectivity index (χ4v) is 1.48. The molecule has 0 aromatic heterocycles. The zero-order valence-electron chi connectivity index (χ0n) is 8.33. The summed E-state index contributed by atoms with van der Waals surface area (Å²) in [7, 11) is 2.18. The Morgan fingerprint density at radius 1 is 1.23 bits per heavy atom. The van der Waals surface area contributed by atoms with Gasteiger partial charge in [-0.05, 0) is 20.0 Å². The third-order valence-electron chi connectivity index (χ3n) is 2.39. The van der Waals surface area contributed by atoms with Crippen molar-refractivity contribution in [2.24, 2.45) is 5.84 Å². The predicted octanol–water partition coefficient (Wildman–Crippen LogP) is -0.491. The largest absolute Gasteiger partial charge is 0.304 e. The van der Waals surface area contributed by atoms with Gasteiger partial charge in [0.25, 0.3) is 0 Å². The standard InChI is InChI=1S/C8H20N4.ClH/c1-11-5-7-12(8-6-11)4-2-3-10-9;/h10H,2-9H2,1H3;1H. The van der Waals surface area contributed by atoms with E-state index >= 15 is 0 Å². The highest BCUT2D eigenvalue weighted by atomic mass is 35.5. The fourth-order valence-electron chi connectivity index (χ4n) is 1.48. The molecule has 1 heterocycles. The van der Waals surface area contributed by atoms with E-state index in [-0.39, 0.29) is 12.4 Å². The lowest BCUT2D eigenvalue weighted by Crippen LogP contribution is -2.45. The highest BCUT2D eigenvalue weighted by Gasteiger charge is 2.12. The maximum absolute atomic E-state index is 5.19. The van der Waals surface area contributed by atoms with Gasteiger partial charge in [-0.15, -0.1) is 12.4 Å². The Balaban J connectivity index is 0.00000144. The molecule has 13 heavy (non-hydrogen) atoms. The summed E-state index contributed by atoms with van der Waals surface area (Å²) in [6.07, 6.45) is 1.15. The van der Waals surface area contributed by atoms with Gasteiger partial charge in [-0.2, -0.15) is 0 Å². The van der Waals surface area contributed by atoms with Crippen molar-refractivity contribution in [1.29, 1.82) is 0 Å². The minimum Gasteiger partial charge on any atom is -0.304 e. The molecule has 1 fully saturated rings. The second-order valence-electron chi connectivity index (χ2n) is 3.45. The van der Waals surface area contributed by atoms with Crippen molar-refractivity contribution in [3.63, 3.8) is 0 Å². The van der Waals surface area contributed by atoms with Crippen LogP contribution in [0.15, 0.2) is 0 Å². The number of halogens is 1. The first-order valence-corrected chi connectivity index (χ1v) is 4.67. The summed E-state index contributed by atoms with van der Waals surface area (Å²) >= 11 is 0. The lowest BCUT2D eigenvalue weighted by molar-refractivity contribution is 0.153. The molecule has 5 heteroatoms. The van der Waals surface area contributed by atoms with E-state index < -0.39 is 0 Å². The third-order valence-corrected chi connectivity index (χ3v) is 2.39. The van der Waals surface area contributed by atoms with Gasteiger partial charge in [-0.25, -0.2) is 0 Å². The van der Waals surface area contributed by atoms with Gasteiger partial charge in [0.2, 0.25) is 0 Å². The molecule has 1 saturated heterocycles. The first kappa shape index (κ1) is 13.1. The molecule has 0 aliphatic carbocycles. The topological polar surface area (TPSA) is 44.5 Å². The third kappa shape index (κ3) is 5.44. The average Bonchev–Trinajstić information content (AvgIpc) is 2.09. The van der Waals surface area contributed by atoms with Crippen LogP contribution in [-0.4, -0.2) is 56.1 Å². The molecule has 1 aliphatic rings. The summed E-state index contributed by atoms with van der Waals surface area (Å²) in [6, 6.07) is 0. The second kappa shape index (κ2) is 7.53. The Kier molecular flexibility index (Phi) is 7.60. The molecule has 0 aromatic carbocycles. The molecule has 80 valence electrons. The summed E-state index contributed by atoms with van der Waals surface area (Å²) in [6.45, 7) is 6.93. The van der Waals surface area contributed by atoms with E-state index in [9.17, 15) is 0 Å². The molecular weight excluding hydrogens is 188 g/mol. The van der Waals surface area contributed by atoms with Crippen molar-refractivity contribution in [3.05, 3.63) is 0 Å². The van der Waals surface area contributed by atoms with Crippen LogP contribution in [0.1, 0.15) is 6.42 Å². The summed E-state index contributed by atoms with van der Waals surface area (Å²) in [4.78, 5) is 4.87. The van der Waals surface area contributed by atoms with Gasteiger partial charge in [-0.1, -0.05) is 0 Å². The lowest BCUT2D eigenvalue weighted by Gasteiger charge is -2.32. The van der Waals surface area contributed by atoms with E-state index in [0.717, 1.165) is 13.0 Å². The molecular formula is C8H21ClN4. The van der Waals surface area contributed by atoms with Crippen LogP contribution >= 0.6 is 12.4 Å². The molecule has 0 atom stereocenters. The number of nitrogens with zero attached hydrogens (tertiary/aromatic N) is 2. The SMILES string of the molecule is CN1CCN(CCCNN)CC1.Cl. The predicted molar refractivity (Wildman–Crippen MR) is 58.0 cm³/mol. The zero-order valence-corrected chi connectivity index (χ0v) is 9.15. The summed E-state index contributed by atoms with van der Waals surface area (Å²) in [5.41, 5.74) is 2.68. The molecule has 4 nitrogen and oxygen atoms in total. The van der Waals surface area contributed by atoms with Crippen LogP contribution in [-0.2, 0) is 0 Å². The van der Waals surface area contributed by atoms with Gasteiger partial charge in [-0.3, -0.25) is 11.3 Å². The molecule has 0 saturated carbocycles. The smallest absolute Gasteiger partial charge is 0.0110 e. The molecule has 0 amide bonds. The molecule has 0 aromatic rings.